The SMILES string of the molecule is CCOC(=O)c1ccc(NC(=O)COc2ccc([C@H]3c4sc(=O)[nH]c4SC4C(=O)N(c5ccc(OC)cc5)C(=O)C43)cc2)cc1. The molecule has 3 amide bonds. The quantitative estimate of drug-likeness (QED) is 0.200. The molecule has 45 heavy (non-hydrogen) atoms. The highest BCUT2D eigenvalue weighted by Crippen LogP contribution is 2.53. The number of anilines is 2. The van der Waals surface area contributed by atoms with E-state index in [-0.39, 0.29) is 29.9 Å². The average molecular weight is 646 g/mol. The van der Waals surface area contributed by atoms with Gasteiger partial charge in [0.2, 0.25) is 11.8 Å². The maximum atomic E-state index is 13.9. The van der Waals surface area contributed by atoms with Gasteiger partial charge in [0.1, 0.15) is 16.7 Å². The molecule has 3 heterocycles. The molecule has 11 nitrogen and oxygen atoms in total. The number of methoxy groups -OCH3 is 1. The molecule has 13 heteroatoms. The zero-order valence-electron chi connectivity index (χ0n) is 24.1. The first-order valence-corrected chi connectivity index (χ1v) is 15.7. The number of carbonyl (C=O) groups excluding carboxylic acids is 4. The Balaban J connectivity index is 1.17. The molecule has 1 fully saturated rings. The molecule has 1 saturated heterocycles. The van der Waals surface area contributed by atoms with E-state index in [4.69, 9.17) is 14.2 Å². The highest BCUT2D eigenvalue weighted by molar-refractivity contribution is 8.00. The van der Waals surface area contributed by atoms with Crippen LogP contribution in [0.1, 0.15) is 33.6 Å². The minimum Gasteiger partial charge on any atom is -0.497 e. The van der Waals surface area contributed by atoms with Crippen LogP contribution in [0.25, 0.3) is 0 Å². The normalized spacial score (nSPS) is 18.6. The Morgan fingerprint density at radius 1 is 0.911 bits per heavy atom. The predicted molar refractivity (Wildman–Crippen MR) is 168 cm³/mol. The number of H-pyrrole nitrogens is 1. The summed E-state index contributed by atoms with van der Waals surface area (Å²) in [6.07, 6.45) is 0. The van der Waals surface area contributed by atoms with Gasteiger partial charge in [-0.15, -0.1) is 0 Å². The van der Waals surface area contributed by atoms with Crippen molar-refractivity contribution in [2.45, 2.75) is 23.1 Å². The molecule has 0 spiro atoms. The lowest BCUT2D eigenvalue weighted by Gasteiger charge is -2.29. The van der Waals surface area contributed by atoms with Crippen LogP contribution < -0.4 is 24.6 Å². The number of thioether (sulfide) groups is 1. The van der Waals surface area contributed by atoms with Crippen molar-refractivity contribution in [1.82, 2.24) is 4.98 Å². The molecule has 0 aliphatic carbocycles. The van der Waals surface area contributed by atoms with Gasteiger partial charge in [-0.1, -0.05) is 35.2 Å². The lowest BCUT2D eigenvalue weighted by atomic mass is 9.83. The second-order valence-corrected chi connectivity index (χ2v) is 12.3. The first-order valence-electron chi connectivity index (χ1n) is 14.0. The average Bonchev–Trinajstić information content (AvgIpc) is 3.54. The monoisotopic (exact) mass is 645 g/mol. The Labute approximate surface area is 265 Å². The lowest BCUT2D eigenvalue weighted by molar-refractivity contribution is -0.122. The van der Waals surface area contributed by atoms with Crippen LogP contribution in [0.15, 0.2) is 82.6 Å². The van der Waals surface area contributed by atoms with E-state index in [2.05, 4.69) is 10.3 Å². The number of amides is 3. The predicted octanol–water partition coefficient (Wildman–Crippen LogP) is 4.44. The van der Waals surface area contributed by atoms with Gasteiger partial charge < -0.3 is 24.5 Å². The van der Waals surface area contributed by atoms with Crippen LogP contribution in [0.3, 0.4) is 0 Å². The summed E-state index contributed by atoms with van der Waals surface area (Å²) in [7, 11) is 1.54. The summed E-state index contributed by atoms with van der Waals surface area (Å²) >= 11 is 2.24. The topological polar surface area (TPSA) is 144 Å². The van der Waals surface area contributed by atoms with Gasteiger partial charge in [0.25, 0.3) is 5.91 Å². The van der Waals surface area contributed by atoms with Gasteiger partial charge in [-0.05, 0) is 73.2 Å². The Morgan fingerprint density at radius 2 is 1.60 bits per heavy atom. The third-order valence-corrected chi connectivity index (χ3v) is 9.84. The zero-order valence-corrected chi connectivity index (χ0v) is 25.7. The summed E-state index contributed by atoms with van der Waals surface area (Å²) in [5, 5.41) is 2.58. The number of imide groups is 1. The van der Waals surface area contributed by atoms with Crippen LogP contribution in [0.2, 0.25) is 0 Å². The number of carbonyl (C=O) groups is 4. The number of nitrogens with one attached hydrogen (secondary N) is 2. The van der Waals surface area contributed by atoms with Gasteiger partial charge in [-0.2, -0.15) is 0 Å². The molecule has 0 radical (unpaired) electrons. The smallest absolute Gasteiger partial charge is 0.338 e. The molecule has 3 atom stereocenters. The minimum atomic E-state index is -0.726. The summed E-state index contributed by atoms with van der Waals surface area (Å²) < 4.78 is 15.9. The Hall–Kier alpha value is -4.88. The van der Waals surface area contributed by atoms with Crippen molar-refractivity contribution in [3.8, 4) is 11.5 Å². The standard InChI is InChI=1S/C32H27N3O8S2/c1-3-42-31(39)18-4-8-19(9-5-18)33-23(36)16-43-22-12-6-17(7-13-22)24-25-27(44-28-26(24)45-32(40)34-28)30(38)35(29(25)37)20-10-14-21(41-2)15-11-20/h4-15,24-25,27H,3,16H2,1-2H3,(H,33,36)(H,34,40)/t24-,25?,27?/m1/s1. The molecule has 230 valence electrons. The van der Waals surface area contributed by atoms with Crippen LogP contribution in [-0.2, 0) is 19.1 Å². The molecular weight excluding hydrogens is 618 g/mol. The van der Waals surface area contributed by atoms with Crippen molar-refractivity contribution in [1.29, 1.82) is 0 Å². The third-order valence-electron chi connectivity index (χ3n) is 7.44. The Morgan fingerprint density at radius 3 is 2.27 bits per heavy atom. The maximum absolute atomic E-state index is 13.9. The second kappa shape index (κ2) is 12.6. The van der Waals surface area contributed by atoms with E-state index in [1.54, 1.807) is 79.7 Å². The van der Waals surface area contributed by atoms with E-state index in [1.165, 1.54) is 23.8 Å². The van der Waals surface area contributed by atoms with Crippen LogP contribution in [-0.4, -0.2) is 54.2 Å². The highest BCUT2D eigenvalue weighted by atomic mass is 32.2. The fourth-order valence-corrected chi connectivity index (χ4v) is 7.90. The van der Waals surface area contributed by atoms with Gasteiger partial charge in [0, 0.05) is 16.5 Å². The molecule has 0 bridgehead atoms. The number of fused-ring (bicyclic) bond motifs is 2. The maximum Gasteiger partial charge on any atom is 0.338 e. The number of aromatic nitrogens is 1. The molecular formula is C32H27N3O8S2. The fraction of sp³-hybridized carbons (Fsp3) is 0.219. The summed E-state index contributed by atoms with van der Waals surface area (Å²) in [6, 6.07) is 20.0. The van der Waals surface area contributed by atoms with Crippen molar-refractivity contribution in [3.63, 3.8) is 0 Å². The summed E-state index contributed by atoms with van der Waals surface area (Å²) in [5.41, 5.74) is 2.06. The summed E-state index contributed by atoms with van der Waals surface area (Å²) in [5.74, 6) is -1.76. The van der Waals surface area contributed by atoms with E-state index in [1.807, 2.05) is 0 Å². The molecule has 2 aliphatic heterocycles. The first kappa shape index (κ1) is 30.2. The minimum absolute atomic E-state index is 0.258. The molecule has 6 rings (SSSR count). The van der Waals surface area contributed by atoms with Crippen molar-refractivity contribution < 1.29 is 33.4 Å². The number of ether oxygens (including phenoxy) is 3. The summed E-state index contributed by atoms with van der Waals surface area (Å²) in [4.78, 5) is 68.6. The molecule has 1 aromatic heterocycles. The van der Waals surface area contributed by atoms with Crippen molar-refractivity contribution >= 4 is 58.2 Å². The summed E-state index contributed by atoms with van der Waals surface area (Å²) in [6.45, 7) is 1.73. The number of thiazole rings is 1. The number of hydrogen-bond donors (Lipinski definition) is 2. The van der Waals surface area contributed by atoms with Crippen LogP contribution in [0.4, 0.5) is 11.4 Å². The number of esters is 1. The molecule has 2 unspecified atom stereocenters. The van der Waals surface area contributed by atoms with Crippen LogP contribution in [0.5, 0.6) is 11.5 Å². The Kier molecular flexibility index (Phi) is 8.46. The van der Waals surface area contributed by atoms with E-state index < -0.39 is 29.0 Å². The number of rotatable bonds is 9. The molecule has 3 aromatic carbocycles. The van der Waals surface area contributed by atoms with E-state index in [9.17, 15) is 24.0 Å². The van der Waals surface area contributed by atoms with Gasteiger partial charge in [-0.3, -0.25) is 19.2 Å². The van der Waals surface area contributed by atoms with E-state index in [0.29, 0.717) is 38.3 Å². The second-order valence-electron chi connectivity index (χ2n) is 10.2. The number of nitrogens with zero attached hydrogens (tertiary/aromatic N) is 1. The van der Waals surface area contributed by atoms with Crippen LogP contribution in [0, 0.1) is 5.92 Å². The molecule has 2 N–H and O–H groups in total. The fourth-order valence-electron chi connectivity index (χ4n) is 5.38. The van der Waals surface area contributed by atoms with Crippen LogP contribution >= 0.6 is 23.1 Å². The van der Waals surface area contributed by atoms with Crippen molar-refractivity contribution in [3.05, 3.63) is 98.5 Å². The van der Waals surface area contributed by atoms with Gasteiger partial charge in [-0.25, -0.2) is 9.69 Å². The lowest BCUT2D eigenvalue weighted by Crippen LogP contribution is -2.32. The van der Waals surface area contributed by atoms with E-state index in [0.717, 1.165) is 16.9 Å². The first-order chi connectivity index (χ1) is 21.8. The molecule has 0 saturated carbocycles. The Bertz CT molecular complexity index is 1820. The van der Waals surface area contributed by atoms with Crippen molar-refractivity contribution in [2.75, 3.05) is 30.5 Å². The highest BCUT2D eigenvalue weighted by Gasteiger charge is 2.56. The van der Waals surface area contributed by atoms with Gasteiger partial charge in [0.05, 0.1) is 35.9 Å². The number of aromatic amines is 1. The zero-order chi connectivity index (χ0) is 31.7. The van der Waals surface area contributed by atoms with Crippen molar-refractivity contribution in [2.24, 2.45) is 5.92 Å². The number of benzene rings is 3. The van der Waals surface area contributed by atoms with Gasteiger partial charge >= 0.3 is 10.8 Å². The largest absolute Gasteiger partial charge is 0.497 e. The molecule has 2 aliphatic rings. The van der Waals surface area contributed by atoms with E-state index >= 15 is 0 Å². The molecule has 4 aromatic rings. The van der Waals surface area contributed by atoms with Gasteiger partial charge in [0.15, 0.2) is 6.61 Å². The number of hydrogen-bond acceptors (Lipinski definition) is 10. The third kappa shape index (κ3) is 5.96.